The molecule has 50 heavy (non-hydrogen) atoms. The zero-order valence-electron chi connectivity index (χ0n) is 29.9. The molecule has 2 heterocycles. The van der Waals surface area contributed by atoms with Gasteiger partial charge >= 0.3 is 6.36 Å². The zero-order valence-corrected chi connectivity index (χ0v) is 29.9. The monoisotopic (exact) mass is 693 g/mol. The minimum absolute atomic E-state index is 0.204. The van der Waals surface area contributed by atoms with Crippen molar-refractivity contribution in [1.82, 2.24) is 14.5 Å². The number of halogens is 3. The van der Waals surface area contributed by atoms with Gasteiger partial charge in [0.05, 0.1) is 23.8 Å². The van der Waals surface area contributed by atoms with Gasteiger partial charge in [0.25, 0.3) is 0 Å². The van der Waals surface area contributed by atoms with Gasteiger partial charge in [-0.2, -0.15) is 0 Å². The van der Waals surface area contributed by atoms with Crippen molar-refractivity contribution in [2.24, 2.45) is 0 Å². The smallest absolute Gasteiger partial charge is 0.498 e. The molecule has 0 aliphatic carbocycles. The van der Waals surface area contributed by atoms with Crippen LogP contribution in [0.3, 0.4) is 0 Å². The summed E-state index contributed by atoms with van der Waals surface area (Å²) in [5, 5.41) is 0. The zero-order chi connectivity index (χ0) is 35.9. The average molecular weight is 694 g/mol. The van der Waals surface area contributed by atoms with Crippen LogP contribution in [0.5, 0.6) is 11.5 Å². The third-order valence-electron chi connectivity index (χ3n) is 8.23. The topological polar surface area (TPSA) is 58.0 Å². The molecule has 10 heteroatoms. The van der Waals surface area contributed by atoms with Crippen molar-refractivity contribution in [3.8, 4) is 22.9 Å². The number of hydrogen-bond acceptors (Lipinski definition) is 6. The van der Waals surface area contributed by atoms with E-state index in [0.29, 0.717) is 19.7 Å². The van der Waals surface area contributed by atoms with Crippen molar-refractivity contribution in [2.45, 2.75) is 92.7 Å². The summed E-state index contributed by atoms with van der Waals surface area (Å²) in [5.41, 5.74) is 4.54. The molecule has 7 nitrogen and oxygen atoms in total. The Bertz CT molecular complexity index is 1640. The molecule has 0 spiro atoms. The van der Waals surface area contributed by atoms with Crippen LogP contribution >= 0.6 is 0 Å². The Balaban J connectivity index is 1.79. The molecule has 2 aromatic carbocycles. The first kappa shape index (κ1) is 38.4. The summed E-state index contributed by atoms with van der Waals surface area (Å²) in [6.07, 6.45) is 9.09. The van der Waals surface area contributed by atoms with E-state index in [1.807, 2.05) is 69.3 Å². The Labute approximate surface area is 294 Å². The van der Waals surface area contributed by atoms with Gasteiger partial charge in [-0.1, -0.05) is 74.4 Å². The van der Waals surface area contributed by atoms with Gasteiger partial charge in [-0.15, -0.1) is 13.2 Å². The van der Waals surface area contributed by atoms with Crippen LogP contribution in [0.25, 0.3) is 17.0 Å². The number of ether oxygens (including phenoxy) is 4. The van der Waals surface area contributed by atoms with Gasteiger partial charge in [0, 0.05) is 38.2 Å². The van der Waals surface area contributed by atoms with Gasteiger partial charge in [-0.3, -0.25) is 4.90 Å². The number of fused-ring (bicyclic) bond motifs is 1. The van der Waals surface area contributed by atoms with Gasteiger partial charge in [0.2, 0.25) is 6.79 Å². The van der Waals surface area contributed by atoms with E-state index in [0.717, 1.165) is 96.4 Å². The van der Waals surface area contributed by atoms with Gasteiger partial charge in [0.15, 0.2) is 11.5 Å². The highest BCUT2D eigenvalue weighted by molar-refractivity contribution is 5.69. The highest BCUT2D eigenvalue weighted by atomic mass is 19.4. The molecule has 1 aliphatic heterocycles. The fourth-order valence-corrected chi connectivity index (χ4v) is 5.82. The summed E-state index contributed by atoms with van der Waals surface area (Å²) in [6.45, 7) is 12.8. The Morgan fingerprint density at radius 3 is 2.50 bits per heavy atom. The normalized spacial score (nSPS) is 13.9. The lowest BCUT2D eigenvalue weighted by molar-refractivity contribution is -0.305. The average Bonchev–Trinajstić information content (AvgIpc) is 3.70. The number of unbranched alkanes of at least 4 members (excludes halogenated alkanes) is 2. The van der Waals surface area contributed by atoms with Gasteiger partial charge < -0.3 is 23.5 Å². The molecule has 4 rings (SSSR count). The van der Waals surface area contributed by atoms with Gasteiger partial charge in [0.1, 0.15) is 11.6 Å². The third kappa shape index (κ3) is 11.6. The molecule has 0 unspecified atom stereocenters. The highest BCUT2D eigenvalue weighted by Gasteiger charge is 2.31. The van der Waals surface area contributed by atoms with Crippen LogP contribution in [0.15, 0.2) is 90.4 Å². The molecule has 1 aliphatic rings. The van der Waals surface area contributed by atoms with Crippen molar-refractivity contribution in [3.05, 3.63) is 107 Å². The van der Waals surface area contributed by atoms with E-state index in [1.54, 1.807) is 6.08 Å². The lowest BCUT2D eigenvalue weighted by Crippen LogP contribution is -2.26. The van der Waals surface area contributed by atoms with E-state index in [1.165, 1.54) is 13.0 Å². The minimum Gasteiger partial charge on any atom is -0.498 e. The van der Waals surface area contributed by atoms with E-state index in [9.17, 15) is 13.2 Å². The Morgan fingerprint density at radius 2 is 1.78 bits per heavy atom. The summed E-state index contributed by atoms with van der Waals surface area (Å²) in [4.78, 5) is 7.56. The molecule has 3 aromatic rings. The quantitative estimate of drug-likeness (QED) is 0.0539. The minimum atomic E-state index is -4.76. The second-order valence-electron chi connectivity index (χ2n) is 12.2. The first-order valence-corrected chi connectivity index (χ1v) is 17.4. The van der Waals surface area contributed by atoms with Gasteiger partial charge in [-0.25, -0.2) is 4.98 Å². The number of aromatic nitrogens is 2. The number of rotatable bonds is 19. The molecule has 0 saturated heterocycles. The van der Waals surface area contributed by atoms with E-state index in [-0.39, 0.29) is 12.6 Å². The summed E-state index contributed by atoms with van der Waals surface area (Å²) in [5.74, 6) is 2.98. The molecule has 0 amide bonds. The molecule has 0 radical (unpaired) electrons. The Hall–Kier alpha value is -4.44. The Morgan fingerprint density at radius 1 is 1.00 bits per heavy atom. The van der Waals surface area contributed by atoms with Crippen molar-refractivity contribution in [3.63, 3.8) is 0 Å². The lowest BCUT2D eigenvalue weighted by atomic mass is 10.1. The van der Waals surface area contributed by atoms with E-state index in [2.05, 4.69) is 39.3 Å². The highest BCUT2D eigenvalue weighted by Crippen LogP contribution is 2.34. The molecule has 1 aromatic heterocycles. The van der Waals surface area contributed by atoms with Crippen LogP contribution in [-0.4, -0.2) is 40.8 Å². The number of imidazole rings is 1. The molecule has 0 N–H and O–H groups in total. The SMILES string of the molecule is C/C=C\C/C(=C\CCN(Cc1ccc2c(c1)OCO2)Cc1c(/C(C)=C/C=C(\C)OC(F)(F)F)nc(-c2ccccc2)n1CCCCC)OCC. The van der Waals surface area contributed by atoms with E-state index >= 15 is 0 Å². The van der Waals surface area contributed by atoms with Gasteiger partial charge in [-0.05, 0) is 76.0 Å². The van der Waals surface area contributed by atoms with Crippen LogP contribution in [0.1, 0.15) is 83.7 Å². The maximum Gasteiger partial charge on any atom is 0.572 e. The number of hydrogen-bond donors (Lipinski definition) is 0. The first-order chi connectivity index (χ1) is 24.1. The van der Waals surface area contributed by atoms with Crippen molar-refractivity contribution < 1.29 is 32.1 Å². The van der Waals surface area contributed by atoms with Crippen LogP contribution in [-0.2, 0) is 29.1 Å². The molecular weight excluding hydrogens is 643 g/mol. The maximum absolute atomic E-state index is 12.9. The fourth-order valence-electron chi connectivity index (χ4n) is 5.82. The standard InChI is InChI=1S/C40H50F3N3O4/c1-6-9-14-25-46-35(38(44-39(46)33-16-12-11-13-17-33)30(4)20-21-31(5)50-40(41,42)43)28-45(24-15-19-34(47-8-3)18-10-7-2)27-32-22-23-36-37(26-32)49-29-48-36/h7,10-13,16-17,19-23,26H,6,8-9,14-15,18,24-25,27-29H2,1-5H3/b10-7-,30-20+,31-21+,34-19+. The van der Waals surface area contributed by atoms with E-state index < -0.39 is 6.36 Å². The molecule has 0 fully saturated rings. The van der Waals surface area contributed by atoms with E-state index in [4.69, 9.17) is 19.2 Å². The van der Waals surface area contributed by atoms with Crippen LogP contribution in [0.2, 0.25) is 0 Å². The van der Waals surface area contributed by atoms with Crippen LogP contribution < -0.4 is 9.47 Å². The summed E-state index contributed by atoms with van der Waals surface area (Å²) < 4.78 is 62.4. The molecule has 0 bridgehead atoms. The summed E-state index contributed by atoms with van der Waals surface area (Å²) in [7, 11) is 0. The second-order valence-corrected chi connectivity index (χ2v) is 12.2. The van der Waals surface area contributed by atoms with Crippen molar-refractivity contribution in [2.75, 3.05) is 19.9 Å². The fraction of sp³-hybridized carbons (Fsp3) is 0.425. The number of alkyl halides is 3. The Kier molecular flexibility index (Phi) is 14.6. The predicted octanol–water partition coefficient (Wildman–Crippen LogP) is 10.6. The van der Waals surface area contributed by atoms with Crippen molar-refractivity contribution in [1.29, 1.82) is 0 Å². The van der Waals surface area contributed by atoms with Crippen molar-refractivity contribution >= 4 is 5.57 Å². The molecule has 270 valence electrons. The molecule has 0 saturated carbocycles. The largest absolute Gasteiger partial charge is 0.572 e. The number of allylic oxidation sites excluding steroid dienone is 6. The second kappa shape index (κ2) is 19.1. The third-order valence-corrected chi connectivity index (χ3v) is 8.23. The first-order valence-electron chi connectivity index (χ1n) is 17.4. The number of nitrogens with zero attached hydrogens (tertiary/aromatic N) is 3. The lowest BCUT2D eigenvalue weighted by Gasteiger charge is -2.24. The predicted molar refractivity (Wildman–Crippen MR) is 192 cm³/mol. The van der Waals surface area contributed by atoms with Crippen LogP contribution in [0.4, 0.5) is 13.2 Å². The molecular formula is C40H50F3N3O4. The molecule has 0 atom stereocenters. The summed E-state index contributed by atoms with van der Waals surface area (Å²) in [6, 6.07) is 16.1. The number of benzene rings is 2. The maximum atomic E-state index is 12.9. The summed E-state index contributed by atoms with van der Waals surface area (Å²) >= 11 is 0. The van der Waals surface area contributed by atoms with Crippen LogP contribution in [0, 0.1) is 0 Å².